The van der Waals surface area contributed by atoms with E-state index in [9.17, 15) is 4.79 Å². The number of rotatable bonds is 4. The molecule has 1 aromatic carbocycles. The van der Waals surface area contributed by atoms with Gasteiger partial charge in [-0.1, -0.05) is 17.7 Å². The SMILES string of the molecule is CC(Oc1cccc(Cl)c1)C(=O)C1CCOC2(CCC2)C1. The van der Waals surface area contributed by atoms with E-state index in [0.717, 1.165) is 25.7 Å². The fourth-order valence-corrected chi connectivity index (χ4v) is 3.50. The maximum absolute atomic E-state index is 12.6. The summed E-state index contributed by atoms with van der Waals surface area (Å²) in [4.78, 5) is 12.6. The Hall–Kier alpha value is -1.06. The molecule has 0 N–H and O–H groups in total. The summed E-state index contributed by atoms with van der Waals surface area (Å²) in [7, 11) is 0. The van der Waals surface area contributed by atoms with Crippen molar-refractivity contribution in [3.63, 3.8) is 0 Å². The number of benzene rings is 1. The van der Waals surface area contributed by atoms with Gasteiger partial charge in [0.05, 0.1) is 5.60 Å². The van der Waals surface area contributed by atoms with Gasteiger partial charge in [-0.05, 0) is 57.2 Å². The molecule has 1 spiro atoms. The molecule has 114 valence electrons. The summed E-state index contributed by atoms with van der Waals surface area (Å²) >= 11 is 5.94. The molecule has 1 heterocycles. The highest BCUT2D eigenvalue weighted by molar-refractivity contribution is 6.30. The van der Waals surface area contributed by atoms with Gasteiger partial charge < -0.3 is 9.47 Å². The first-order valence-corrected chi connectivity index (χ1v) is 8.06. The zero-order valence-electron chi connectivity index (χ0n) is 12.3. The summed E-state index contributed by atoms with van der Waals surface area (Å²) in [6.45, 7) is 2.52. The van der Waals surface area contributed by atoms with Crippen molar-refractivity contribution >= 4 is 17.4 Å². The summed E-state index contributed by atoms with van der Waals surface area (Å²) in [5.74, 6) is 0.895. The van der Waals surface area contributed by atoms with Gasteiger partial charge in [-0.15, -0.1) is 0 Å². The second-order valence-electron chi connectivity index (χ2n) is 6.19. The van der Waals surface area contributed by atoms with Gasteiger partial charge in [-0.3, -0.25) is 4.79 Å². The van der Waals surface area contributed by atoms with Gasteiger partial charge in [0, 0.05) is 17.5 Å². The highest BCUT2D eigenvalue weighted by Crippen LogP contribution is 2.44. The smallest absolute Gasteiger partial charge is 0.176 e. The third-order valence-corrected chi connectivity index (χ3v) is 4.90. The maximum atomic E-state index is 12.6. The maximum Gasteiger partial charge on any atom is 0.176 e. The Balaban J connectivity index is 1.61. The molecule has 1 aliphatic heterocycles. The number of Topliss-reactive ketones (excluding diaryl/α,β-unsaturated/α-hetero) is 1. The molecule has 1 aliphatic carbocycles. The van der Waals surface area contributed by atoms with Crippen molar-refractivity contribution in [2.24, 2.45) is 5.92 Å². The van der Waals surface area contributed by atoms with E-state index in [1.165, 1.54) is 6.42 Å². The largest absolute Gasteiger partial charge is 0.483 e. The van der Waals surface area contributed by atoms with Gasteiger partial charge in [-0.25, -0.2) is 0 Å². The van der Waals surface area contributed by atoms with Gasteiger partial charge >= 0.3 is 0 Å². The minimum Gasteiger partial charge on any atom is -0.483 e. The predicted molar refractivity (Wildman–Crippen MR) is 81.8 cm³/mol. The van der Waals surface area contributed by atoms with Crippen LogP contribution in [0.4, 0.5) is 0 Å². The monoisotopic (exact) mass is 308 g/mol. The van der Waals surface area contributed by atoms with Crippen molar-refractivity contribution < 1.29 is 14.3 Å². The standard InChI is InChI=1S/C17H21ClO3/c1-12(21-15-5-2-4-14(18)10-15)16(19)13-6-9-20-17(11-13)7-3-8-17/h2,4-5,10,12-13H,3,6-9,11H2,1H3. The number of hydrogen-bond acceptors (Lipinski definition) is 3. The average molecular weight is 309 g/mol. The van der Waals surface area contributed by atoms with Crippen LogP contribution in [0, 0.1) is 5.92 Å². The number of carbonyl (C=O) groups is 1. The molecule has 0 amide bonds. The van der Waals surface area contributed by atoms with Gasteiger partial charge in [0.15, 0.2) is 11.9 Å². The molecule has 4 heteroatoms. The molecule has 2 fully saturated rings. The highest BCUT2D eigenvalue weighted by Gasteiger charge is 2.45. The lowest BCUT2D eigenvalue weighted by Gasteiger charge is -2.47. The van der Waals surface area contributed by atoms with Crippen molar-refractivity contribution in [1.82, 2.24) is 0 Å². The third-order valence-electron chi connectivity index (χ3n) is 4.67. The molecule has 3 nitrogen and oxygen atoms in total. The third kappa shape index (κ3) is 3.24. The molecule has 1 saturated carbocycles. The van der Waals surface area contributed by atoms with Gasteiger partial charge in [0.2, 0.25) is 0 Å². The molecule has 1 aromatic rings. The van der Waals surface area contributed by atoms with Crippen LogP contribution in [0.5, 0.6) is 5.75 Å². The molecule has 3 rings (SSSR count). The first kappa shape index (κ1) is 14.9. The minimum absolute atomic E-state index is 0.00560. The molecule has 0 radical (unpaired) electrons. The van der Waals surface area contributed by atoms with Crippen LogP contribution in [0.3, 0.4) is 0 Å². The molecular formula is C17H21ClO3. The molecule has 2 atom stereocenters. The topological polar surface area (TPSA) is 35.5 Å². The Bertz CT molecular complexity index is 525. The van der Waals surface area contributed by atoms with Crippen LogP contribution in [0.2, 0.25) is 5.02 Å². The van der Waals surface area contributed by atoms with Crippen LogP contribution in [0.25, 0.3) is 0 Å². The van der Waals surface area contributed by atoms with Crippen molar-refractivity contribution in [3.05, 3.63) is 29.3 Å². The molecule has 0 bridgehead atoms. The molecule has 1 saturated heterocycles. The van der Waals surface area contributed by atoms with Crippen LogP contribution in [0.15, 0.2) is 24.3 Å². The van der Waals surface area contributed by atoms with Crippen LogP contribution < -0.4 is 4.74 Å². The summed E-state index contributed by atoms with van der Waals surface area (Å²) in [6, 6.07) is 7.18. The first-order valence-electron chi connectivity index (χ1n) is 7.68. The molecule has 2 unspecified atom stereocenters. The second-order valence-corrected chi connectivity index (χ2v) is 6.63. The summed E-state index contributed by atoms with van der Waals surface area (Å²) in [6.07, 6.45) is 4.64. The number of carbonyl (C=O) groups excluding carboxylic acids is 1. The molecule has 0 aromatic heterocycles. The highest BCUT2D eigenvalue weighted by atomic mass is 35.5. The average Bonchev–Trinajstić information content (AvgIpc) is 2.45. The Labute approximate surface area is 130 Å². The van der Waals surface area contributed by atoms with Crippen LogP contribution in [0.1, 0.15) is 39.0 Å². The van der Waals surface area contributed by atoms with Gasteiger partial charge in [0.1, 0.15) is 5.75 Å². The minimum atomic E-state index is -0.441. The van der Waals surface area contributed by atoms with E-state index in [4.69, 9.17) is 21.1 Å². The van der Waals surface area contributed by atoms with Gasteiger partial charge in [-0.2, -0.15) is 0 Å². The normalized spacial score (nSPS) is 25.1. The number of halogens is 1. The van der Waals surface area contributed by atoms with Crippen LogP contribution in [-0.2, 0) is 9.53 Å². The zero-order valence-corrected chi connectivity index (χ0v) is 13.1. The van der Waals surface area contributed by atoms with E-state index in [0.29, 0.717) is 17.4 Å². The number of ether oxygens (including phenoxy) is 2. The lowest BCUT2D eigenvalue weighted by atomic mass is 9.71. The fourth-order valence-electron chi connectivity index (χ4n) is 3.32. The van der Waals surface area contributed by atoms with E-state index in [2.05, 4.69) is 0 Å². The Kier molecular flexibility index (Phi) is 4.23. The van der Waals surface area contributed by atoms with Crippen molar-refractivity contribution in [2.75, 3.05) is 6.61 Å². The van der Waals surface area contributed by atoms with E-state index in [1.54, 1.807) is 12.1 Å². The van der Waals surface area contributed by atoms with Crippen LogP contribution in [-0.4, -0.2) is 24.1 Å². The number of ketones is 1. The quantitative estimate of drug-likeness (QED) is 0.842. The summed E-state index contributed by atoms with van der Waals surface area (Å²) in [5, 5.41) is 0.617. The van der Waals surface area contributed by atoms with Crippen molar-refractivity contribution in [3.8, 4) is 5.75 Å². The first-order chi connectivity index (χ1) is 10.1. The Morgan fingerprint density at radius 2 is 2.29 bits per heavy atom. The van der Waals surface area contributed by atoms with E-state index in [1.807, 2.05) is 19.1 Å². The van der Waals surface area contributed by atoms with Crippen LogP contribution >= 0.6 is 11.6 Å². The lowest BCUT2D eigenvalue weighted by Crippen LogP contribution is -2.48. The van der Waals surface area contributed by atoms with E-state index < -0.39 is 6.10 Å². The second kappa shape index (κ2) is 5.98. The van der Waals surface area contributed by atoms with E-state index in [-0.39, 0.29) is 17.3 Å². The molecular weight excluding hydrogens is 288 g/mol. The Morgan fingerprint density at radius 3 is 2.95 bits per heavy atom. The van der Waals surface area contributed by atoms with Crippen molar-refractivity contribution in [1.29, 1.82) is 0 Å². The van der Waals surface area contributed by atoms with Gasteiger partial charge in [0.25, 0.3) is 0 Å². The van der Waals surface area contributed by atoms with Crippen molar-refractivity contribution in [2.45, 2.75) is 50.7 Å². The zero-order chi connectivity index (χ0) is 14.9. The number of hydrogen-bond donors (Lipinski definition) is 0. The summed E-state index contributed by atoms with van der Waals surface area (Å²) in [5.41, 5.74) is -0.00560. The molecule has 2 aliphatic rings. The predicted octanol–water partition coefficient (Wildman–Crippen LogP) is 4.03. The fraction of sp³-hybridized carbons (Fsp3) is 0.588. The lowest BCUT2D eigenvalue weighted by molar-refractivity contribution is -0.159. The molecule has 21 heavy (non-hydrogen) atoms. The Morgan fingerprint density at radius 1 is 1.48 bits per heavy atom. The summed E-state index contributed by atoms with van der Waals surface area (Å²) < 4.78 is 11.6. The van der Waals surface area contributed by atoms with E-state index >= 15 is 0 Å².